The van der Waals surface area contributed by atoms with Gasteiger partial charge in [0, 0.05) is 18.1 Å². The first-order valence-corrected chi connectivity index (χ1v) is 6.84. The van der Waals surface area contributed by atoms with Gasteiger partial charge in [-0.05, 0) is 19.4 Å². The maximum absolute atomic E-state index is 12.1. The molecule has 21 heavy (non-hydrogen) atoms. The summed E-state index contributed by atoms with van der Waals surface area (Å²) in [5.74, 6) is -1.18. The highest BCUT2D eigenvalue weighted by molar-refractivity contribution is 7.16. The monoisotopic (exact) mass is 310 g/mol. The maximum Gasteiger partial charge on any atom is 0.338 e. The van der Waals surface area contributed by atoms with Crippen LogP contribution >= 0.6 is 11.3 Å². The standard InChI is InChI=1S/C13H14N2O5S/c1-6-7(2)21-12(10(6)13(17)18)14-11(16)9-4-8(5-19-3)20-15-9/h4H,5H2,1-3H3,(H,14,16)(H,17,18). The van der Waals surface area contributed by atoms with E-state index in [2.05, 4.69) is 10.5 Å². The molecule has 2 rings (SSSR count). The third-order valence-electron chi connectivity index (χ3n) is 2.90. The molecule has 0 aliphatic rings. The molecule has 0 saturated heterocycles. The fourth-order valence-corrected chi connectivity index (χ4v) is 2.82. The molecule has 0 bridgehead atoms. The molecule has 1 amide bonds. The van der Waals surface area contributed by atoms with E-state index in [9.17, 15) is 14.7 Å². The summed E-state index contributed by atoms with van der Waals surface area (Å²) < 4.78 is 9.79. The third-order valence-corrected chi connectivity index (χ3v) is 4.03. The van der Waals surface area contributed by atoms with Gasteiger partial charge < -0.3 is 19.7 Å². The molecule has 2 N–H and O–H groups in total. The number of carbonyl (C=O) groups is 2. The molecule has 0 spiro atoms. The molecule has 8 heteroatoms. The predicted molar refractivity (Wildman–Crippen MR) is 75.9 cm³/mol. The quantitative estimate of drug-likeness (QED) is 0.879. The summed E-state index contributed by atoms with van der Waals surface area (Å²) in [7, 11) is 1.50. The maximum atomic E-state index is 12.1. The van der Waals surface area contributed by atoms with Gasteiger partial charge in [0.1, 0.15) is 11.6 Å². The third kappa shape index (κ3) is 3.11. The summed E-state index contributed by atoms with van der Waals surface area (Å²) >= 11 is 1.21. The summed E-state index contributed by atoms with van der Waals surface area (Å²) in [4.78, 5) is 24.2. The van der Waals surface area contributed by atoms with Crippen molar-refractivity contribution in [2.24, 2.45) is 0 Å². The number of thiophene rings is 1. The van der Waals surface area contributed by atoms with E-state index in [0.29, 0.717) is 16.3 Å². The molecule has 112 valence electrons. The topological polar surface area (TPSA) is 102 Å². The Morgan fingerprint density at radius 2 is 2.19 bits per heavy atom. The van der Waals surface area contributed by atoms with E-state index in [-0.39, 0.29) is 17.9 Å². The number of anilines is 1. The molecule has 2 heterocycles. The van der Waals surface area contributed by atoms with Crippen molar-refractivity contribution in [2.45, 2.75) is 20.5 Å². The lowest BCUT2D eigenvalue weighted by Crippen LogP contribution is -2.13. The lowest BCUT2D eigenvalue weighted by molar-refractivity contribution is 0.0697. The highest BCUT2D eigenvalue weighted by atomic mass is 32.1. The summed E-state index contributed by atoms with van der Waals surface area (Å²) in [5.41, 5.74) is 0.816. The van der Waals surface area contributed by atoms with E-state index >= 15 is 0 Å². The van der Waals surface area contributed by atoms with Crippen molar-refractivity contribution in [3.8, 4) is 0 Å². The van der Waals surface area contributed by atoms with Gasteiger partial charge in [-0.15, -0.1) is 11.3 Å². The zero-order chi connectivity index (χ0) is 15.6. The SMILES string of the molecule is COCc1cc(C(=O)Nc2sc(C)c(C)c2C(=O)O)no1. The largest absolute Gasteiger partial charge is 0.478 e. The molecule has 0 aliphatic carbocycles. The van der Waals surface area contributed by atoms with Crippen molar-refractivity contribution in [2.75, 3.05) is 12.4 Å². The minimum absolute atomic E-state index is 0.0714. The van der Waals surface area contributed by atoms with Gasteiger partial charge >= 0.3 is 5.97 Å². The van der Waals surface area contributed by atoms with E-state index < -0.39 is 11.9 Å². The van der Waals surface area contributed by atoms with Crippen LogP contribution in [0.2, 0.25) is 0 Å². The first-order chi connectivity index (χ1) is 9.93. The summed E-state index contributed by atoms with van der Waals surface area (Å²) in [5, 5.41) is 15.7. The number of methoxy groups -OCH3 is 1. The molecule has 0 unspecified atom stereocenters. The van der Waals surface area contributed by atoms with Crippen LogP contribution in [0.4, 0.5) is 5.00 Å². The number of aromatic carboxylic acids is 1. The normalized spacial score (nSPS) is 10.6. The lowest BCUT2D eigenvalue weighted by atomic mass is 10.1. The summed E-state index contributed by atoms with van der Waals surface area (Å²) in [6.07, 6.45) is 0. The lowest BCUT2D eigenvalue weighted by Gasteiger charge is -2.01. The van der Waals surface area contributed by atoms with Crippen LogP contribution in [0.3, 0.4) is 0 Å². The summed E-state index contributed by atoms with van der Waals surface area (Å²) in [6, 6.07) is 1.45. The second-order valence-electron chi connectivity index (χ2n) is 4.36. The van der Waals surface area contributed by atoms with E-state index in [1.165, 1.54) is 24.5 Å². The van der Waals surface area contributed by atoms with Gasteiger partial charge in [0.2, 0.25) is 0 Å². The Morgan fingerprint density at radius 1 is 1.48 bits per heavy atom. The van der Waals surface area contributed by atoms with Crippen LogP contribution in [0.1, 0.15) is 37.0 Å². The molecule has 0 atom stereocenters. The molecular formula is C13H14N2O5S. The Labute approximate surface area is 124 Å². The average Bonchev–Trinajstić information content (AvgIpc) is 2.96. The second-order valence-corrected chi connectivity index (χ2v) is 5.58. The van der Waals surface area contributed by atoms with Crippen LogP contribution < -0.4 is 5.32 Å². The molecule has 0 saturated carbocycles. The van der Waals surface area contributed by atoms with Crippen LogP contribution in [0.15, 0.2) is 10.6 Å². The number of carboxylic acid groups (broad SMARTS) is 1. The zero-order valence-corrected chi connectivity index (χ0v) is 12.5. The molecule has 0 aromatic carbocycles. The zero-order valence-electron chi connectivity index (χ0n) is 11.7. The van der Waals surface area contributed by atoms with E-state index in [1.807, 2.05) is 0 Å². The van der Waals surface area contributed by atoms with Crippen LogP contribution in [0, 0.1) is 13.8 Å². The van der Waals surface area contributed by atoms with Gasteiger partial charge in [0.05, 0.1) is 5.56 Å². The highest BCUT2D eigenvalue weighted by Crippen LogP contribution is 2.32. The van der Waals surface area contributed by atoms with Gasteiger partial charge in [-0.2, -0.15) is 0 Å². The van der Waals surface area contributed by atoms with Crippen LogP contribution in [0.5, 0.6) is 0 Å². The van der Waals surface area contributed by atoms with E-state index in [1.54, 1.807) is 13.8 Å². The Hall–Kier alpha value is -2.19. The fraction of sp³-hybridized carbons (Fsp3) is 0.308. The molecule has 2 aromatic rings. The van der Waals surface area contributed by atoms with Crippen LogP contribution in [-0.2, 0) is 11.3 Å². The van der Waals surface area contributed by atoms with Gasteiger partial charge in [-0.1, -0.05) is 5.16 Å². The number of aryl methyl sites for hydroxylation is 1. The van der Waals surface area contributed by atoms with Crippen LogP contribution in [-0.4, -0.2) is 29.2 Å². The molecule has 7 nitrogen and oxygen atoms in total. The van der Waals surface area contributed by atoms with Crippen molar-refractivity contribution in [3.63, 3.8) is 0 Å². The number of carboxylic acids is 1. The summed E-state index contributed by atoms with van der Waals surface area (Å²) in [6.45, 7) is 3.71. The molecule has 2 aromatic heterocycles. The van der Waals surface area contributed by atoms with E-state index in [4.69, 9.17) is 9.26 Å². The Kier molecular flexibility index (Phi) is 4.39. The number of nitrogens with zero attached hydrogens (tertiary/aromatic N) is 1. The smallest absolute Gasteiger partial charge is 0.338 e. The number of hydrogen-bond donors (Lipinski definition) is 2. The Bertz CT molecular complexity index is 689. The van der Waals surface area contributed by atoms with Gasteiger partial charge in [-0.25, -0.2) is 4.79 Å². The number of rotatable bonds is 5. The molecule has 0 radical (unpaired) electrons. The van der Waals surface area contributed by atoms with Gasteiger partial charge in [0.25, 0.3) is 5.91 Å². The fourth-order valence-electron chi connectivity index (χ4n) is 1.77. The van der Waals surface area contributed by atoms with Gasteiger partial charge in [0.15, 0.2) is 11.5 Å². The van der Waals surface area contributed by atoms with Crippen LogP contribution in [0.25, 0.3) is 0 Å². The molecule has 0 aliphatic heterocycles. The molecular weight excluding hydrogens is 296 g/mol. The van der Waals surface area contributed by atoms with Crippen molar-refractivity contribution < 1.29 is 24.0 Å². The molecule has 0 fully saturated rings. The minimum atomic E-state index is -1.08. The minimum Gasteiger partial charge on any atom is -0.478 e. The number of carbonyl (C=O) groups excluding carboxylic acids is 1. The number of hydrogen-bond acceptors (Lipinski definition) is 6. The highest BCUT2D eigenvalue weighted by Gasteiger charge is 2.22. The van der Waals surface area contributed by atoms with E-state index in [0.717, 1.165) is 4.88 Å². The van der Waals surface area contributed by atoms with Crippen molar-refractivity contribution in [1.29, 1.82) is 0 Å². The number of amides is 1. The number of nitrogens with one attached hydrogen (secondary N) is 1. The van der Waals surface area contributed by atoms with Crippen molar-refractivity contribution >= 4 is 28.2 Å². The Morgan fingerprint density at radius 3 is 2.81 bits per heavy atom. The Balaban J connectivity index is 2.23. The second kappa shape index (κ2) is 6.06. The number of aromatic nitrogens is 1. The number of ether oxygens (including phenoxy) is 1. The van der Waals surface area contributed by atoms with Crippen molar-refractivity contribution in [1.82, 2.24) is 5.16 Å². The first-order valence-electron chi connectivity index (χ1n) is 6.03. The predicted octanol–water partition coefficient (Wildman–Crippen LogP) is 2.45. The van der Waals surface area contributed by atoms with Crippen molar-refractivity contribution in [3.05, 3.63) is 33.5 Å². The average molecular weight is 310 g/mol. The van der Waals surface area contributed by atoms with Gasteiger partial charge in [-0.3, -0.25) is 4.79 Å². The first kappa shape index (κ1) is 15.2.